The van der Waals surface area contributed by atoms with Gasteiger partial charge in [0.2, 0.25) is 0 Å². The van der Waals surface area contributed by atoms with Crippen molar-refractivity contribution in [3.63, 3.8) is 0 Å². The highest BCUT2D eigenvalue weighted by Gasteiger charge is 2.09. The van der Waals surface area contributed by atoms with Crippen molar-refractivity contribution in [3.8, 4) is 10.6 Å². The van der Waals surface area contributed by atoms with Gasteiger partial charge in [-0.05, 0) is 19.9 Å². The van der Waals surface area contributed by atoms with Crippen LogP contribution in [-0.4, -0.2) is 4.98 Å². The predicted molar refractivity (Wildman–Crippen MR) is 62.8 cm³/mol. The van der Waals surface area contributed by atoms with E-state index in [1.165, 1.54) is 15.3 Å². The quantitative estimate of drug-likeness (QED) is 0.851. The van der Waals surface area contributed by atoms with Gasteiger partial charge < -0.3 is 5.73 Å². The Hall–Kier alpha value is -0.710. The molecule has 74 valence electrons. The van der Waals surface area contributed by atoms with E-state index in [4.69, 9.17) is 5.73 Å². The number of rotatable bonds is 2. The zero-order valence-electron chi connectivity index (χ0n) is 8.20. The van der Waals surface area contributed by atoms with Gasteiger partial charge in [-0.2, -0.15) is 0 Å². The molecule has 2 N–H and O–H groups in total. The highest BCUT2D eigenvalue weighted by molar-refractivity contribution is 7.15. The Labute approximate surface area is 91.4 Å². The second-order valence-corrected chi connectivity index (χ2v) is 5.49. The Morgan fingerprint density at radius 2 is 2.21 bits per heavy atom. The van der Waals surface area contributed by atoms with E-state index in [1.807, 2.05) is 16.7 Å². The molecule has 0 radical (unpaired) electrons. The number of hydrogen-bond acceptors (Lipinski definition) is 4. The van der Waals surface area contributed by atoms with Crippen molar-refractivity contribution >= 4 is 22.7 Å². The SMILES string of the molecule is Cc1cc(-c2nc(CN)cs2)c(C)s1. The summed E-state index contributed by atoms with van der Waals surface area (Å²) in [6, 6.07) is 2.19. The first-order valence-corrected chi connectivity index (χ1v) is 6.12. The lowest BCUT2D eigenvalue weighted by molar-refractivity contribution is 1.01. The third-order valence-corrected chi connectivity index (χ3v) is 3.92. The summed E-state index contributed by atoms with van der Waals surface area (Å²) >= 11 is 3.49. The minimum Gasteiger partial charge on any atom is -0.325 e. The first kappa shape index (κ1) is 9.83. The first-order valence-electron chi connectivity index (χ1n) is 4.42. The third kappa shape index (κ3) is 1.73. The van der Waals surface area contributed by atoms with Crippen LogP contribution >= 0.6 is 22.7 Å². The lowest BCUT2D eigenvalue weighted by Crippen LogP contribution is -1.95. The van der Waals surface area contributed by atoms with Crippen LogP contribution in [0.25, 0.3) is 10.6 Å². The first-order chi connectivity index (χ1) is 6.70. The highest BCUT2D eigenvalue weighted by atomic mass is 32.1. The second-order valence-electron chi connectivity index (χ2n) is 3.18. The van der Waals surface area contributed by atoms with Gasteiger partial charge in [-0.3, -0.25) is 0 Å². The average Bonchev–Trinajstić information content (AvgIpc) is 2.71. The molecule has 0 saturated heterocycles. The van der Waals surface area contributed by atoms with Crippen LogP contribution < -0.4 is 5.73 Å². The number of thiazole rings is 1. The molecule has 14 heavy (non-hydrogen) atoms. The lowest BCUT2D eigenvalue weighted by atomic mass is 10.2. The standard InChI is InChI=1S/C10H12N2S2/c1-6-3-9(7(2)14-6)10-12-8(4-11)5-13-10/h3,5H,4,11H2,1-2H3. The fraction of sp³-hybridized carbons (Fsp3) is 0.300. The van der Waals surface area contributed by atoms with Crippen LogP contribution in [0.4, 0.5) is 0 Å². The highest BCUT2D eigenvalue weighted by Crippen LogP contribution is 2.32. The maximum Gasteiger partial charge on any atom is 0.124 e. The largest absolute Gasteiger partial charge is 0.325 e. The van der Waals surface area contributed by atoms with Crippen LogP contribution in [0.3, 0.4) is 0 Å². The summed E-state index contributed by atoms with van der Waals surface area (Å²) in [5.41, 5.74) is 7.77. The summed E-state index contributed by atoms with van der Waals surface area (Å²) in [5, 5.41) is 3.12. The van der Waals surface area contributed by atoms with Gasteiger partial charge >= 0.3 is 0 Å². The number of nitrogens with zero attached hydrogens (tertiary/aromatic N) is 1. The number of aryl methyl sites for hydroxylation is 2. The number of thiophene rings is 1. The van der Waals surface area contributed by atoms with E-state index in [-0.39, 0.29) is 0 Å². The van der Waals surface area contributed by atoms with Crippen molar-refractivity contribution in [2.75, 3.05) is 0 Å². The maximum atomic E-state index is 5.53. The van der Waals surface area contributed by atoms with E-state index >= 15 is 0 Å². The van der Waals surface area contributed by atoms with Crippen LogP contribution in [0.5, 0.6) is 0 Å². The van der Waals surface area contributed by atoms with E-state index in [0.29, 0.717) is 6.54 Å². The van der Waals surface area contributed by atoms with E-state index in [9.17, 15) is 0 Å². The molecule has 2 aromatic rings. The third-order valence-electron chi connectivity index (χ3n) is 2.03. The monoisotopic (exact) mass is 224 g/mol. The summed E-state index contributed by atoms with van der Waals surface area (Å²) in [5.74, 6) is 0. The fourth-order valence-electron chi connectivity index (χ4n) is 1.37. The Bertz CT molecular complexity index is 443. The zero-order chi connectivity index (χ0) is 10.1. The Balaban J connectivity index is 2.43. The molecular formula is C10H12N2S2. The molecule has 2 rings (SSSR count). The topological polar surface area (TPSA) is 38.9 Å². The molecule has 2 nitrogen and oxygen atoms in total. The van der Waals surface area contributed by atoms with Crippen molar-refractivity contribution in [2.24, 2.45) is 5.73 Å². The molecule has 2 aromatic heterocycles. The summed E-state index contributed by atoms with van der Waals surface area (Å²) in [6.45, 7) is 4.79. The molecule has 0 unspecified atom stereocenters. The predicted octanol–water partition coefficient (Wildman–Crippen LogP) is 2.95. The Morgan fingerprint density at radius 3 is 2.71 bits per heavy atom. The summed E-state index contributed by atoms with van der Waals surface area (Å²) in [4.78, 5) is 7.14. The van der Waals surface area contributed by atoms with Crippen molar-refractivity contribution in [1.82, 2.24) is 4.98 Å². The van der Waals surface area contributed by atoms with Gasteiger partial charge in [-0.25, -0.2) is 4.98 Å². The van der Waals surface area contributed by atoms with Crippen molar-refractivity contribution in [3.05, 3.63) is 26.9 Å². The molecule has 0 bridgehead atoms. The smallest absolute Gasteiger partial charge is 0.124 e. The summed E-state index contributed by atoms with van der Waals surface area (Å²) in [6.07, 6.45) is 0. The van der Waals surface area contributed by atoms with Gasteiger partial charge in [0.1, 0.15) is 5.01 Å². The van der Waals surface area contributed by atoms with Crippen molar-refractivity contribution in [1.29, 1.82) is 0 Å². The van der Waals surface area contributed by atoms with E-state index < -0.39 is 0 Å². The summed E-state index contributed by atoms with van der Waals surface area (Å²) in [7, 11) is 0. The molecule has 0 fully saturated rings. The van der Waals surface area contributed by atoms with E-state index in [0.717, 1.165) is 10.7 Å². The van der Waals surface area contributed by atoms with Crippen LogP contribution in [0.15, 0.2) is 11.4 Å². The molecule has 0 aliphatic heterocycles. The lowest BCUT2D eigenvalue weighted by Gasteiger charge is -1.91. The van der Waals surface area contributed by atoms with Crippen molar-refractivity contribution in [2.45, 2.75) is 20.4 Å². The van der Waals surface area contributed by atoms with Crippen LogP contribution in [0.1, 0.15) is 15.4 Å². The Kier molecular flexibility index (Phi) is 2.67. The van der Waals surface area contributed by atoms with E-state index in [2.05, 4.69) is 24.9 Å². The molecule has 0 atom stereocenters. The number of hydrogen-bond donors (Lipinski definition) is 1. The minimum atomic E-state index is 0.526. The second kappa shape index (κ2) is 3.81. The van der Waals surface area contributed by atoms with Crippen LogP contribution in [-0.2, 0) is 6.54 Å². The van der Waals surface area contributed by atoms with E-state index in [1.54, 1.807) is 11.3 Å². The van der Waals surface area contributed by atoms with Gasteiger partial charge in [0.25, 0.3) is 0 Å². The molecule has 0 aromatic carbocycles. The molecular weight excluding hydrogens is 212 g/mol. The molecule has 2 heterocycles. The fourth-order valence-corrected chi connectivity index (χ4v) is 3.26. The molecule has 4 heteroatoms. The molecule has 0 aliphatic rings. The van der Waals surface area contributed by atoms with Crippen molar-refractivity contribution < 1.29 is 0 Å². The van der Waals surface area contributed by atoms with Gasteiger partial charge in [-0.1, -0.05) is 0 Å². The Morgan fingerprint density at radius 1 is 1.43 bits per heavy atom. The number of aromatic nitrogens is 1. The van der Waals surface area contributed by atoms with Crippen LogP contribution in [0.2, 0.25) is 0 Å². The van der Waals surface area contributed by atoms with Gasteiger partial charge in [-0.15, -0.1) is 22.7 Å². The molecule has 0 spiro atoms. The maximum absolute atomic E-state index is 5.53. The van der Waals surface area contributed by atoms with Gasteiger partial charge in [0.05, 0.1) is 5.69 Å². The molecule has 0 saturated carbocycles. The molecule has 0 aliphatic carbocycles. The average molecular weight is 224 g/mol. The normalized spacial score (nSPS) is 10.8. The van der Waals surface area contributed by atoms with Gasteiger partial charge in [0.15, 0.2) is 0 Å². The minimum absolute atomic E-state index is 0.526. The van der Waals surface area contributed by atoms with Crippen LogP contribution in [0, 0.1) is 13.8 Å². The molecule has 0 amide bonds. The zero-order valence-corrected chi connectivity index (χ0v) is 9.84. The number of nitrogens with two attached hydrogens (primary N) is 1. The summed E-state index contributed by atoms with van der Waals surface area (Å²) < 4.78 is 0. The van der Waals surface area contributed by atoms with Gasteiger partial charge in [0, 0.05) is 27.2 Å².